The van der Waals surface area contributed by atoms with Crippen molar-refractivity contribution in [2.75, 3.05) is 20.2 Å². The van der Waals surface area contributed by atoms with Gasteiger partial charge in [-0.3, -0.25) is 4.79 Å². The van der Waals surface area contributed by atoms with E-state index in [9.17, 15) is 9.90 Å². The minimum absolute atomic E-state index is 0.0871. The van der Waals surface area contributed by atoms with Gasteiger partial charge in [-0.05, 0) is 25.1 Å². The number of hydrogen-bond donors (Lipinski definition) is 1. The first-order valence-electron chi connectivity index (χ1n) is 9.48. The first-order valence-corrected chi connectivity index (χ1v) is 9.48. The number of quaternary nitrogens is 1. The van der Waals surface area contributed by atoms with Gasteiger partial charge in [0.2, 0.25) is 11.2 Å². The Morgan fingerprint density at radius 3 is 2.64 bits per heavy atom. The van der Waals surface area contributed by atoms with E-state index in [1.807, 2.05) is 0 Å². The summed E-state index contributed by atoms with van der Waals surface area (Å²) in [6.07, 6.45) is 2.32. The van der Waals surface area contributed by atoms with Crippen molar-refractivity contribution in [3.8, 4) is 23.0 Å². The van der Waals surface area contributed by atoms with Gasteiger partial charge in [0.05, 0.1) is 25.6 Å². The van der Waals surface area contributed by atoms with Crippen LogP contribution in [-0.2, 0) is 6.54 Å². The number of methoxy groups -OCH3 is 1. The molecule has 2 aromatic carbocycles. The van der Waals surface area contributed by atoms with Crippen molar-refractivity contribution in [3.05, 3.63) is 57.9 Å². The van der Waals surface area contributed by atoms with Crippen LogP contribution in [0.15, 0.2) is 45.6 Å². The summed E-state index contributed by atoms with van der Waals surface area (Å²) in [5.74, 6) is 1.50. The molecule has 0 saturated carbocycles. The van der Waals surface area contributed by atoms with Crippen molar-refractivity contribution in [2.24, 2.45) is 0 Å². The Kier molecular flexibility index (Phi) is 4.96. The Bertz CT molecular complexity index is 1070. The van der Waals surface area contributed by atoms with Crippen LogP contribution in [0, 0.1) is 6.92 Å². The average molecular weight is 381 g/mol. The molecule has 6 heteroatoms. The molecule has 1 saturated heterocycles. The third-order valence-corrected chi connectivity index (χ3v) is 5.24. The SMILES string of the molecule is COc1cccc(Oc2c(C)oc3c(C[NH+]4CCCC4)c([O-])ccc3c2=O)c1. The van der Waals surface area contributed by atoms with Gasteiger partial charge in [0.15, 0.2) is 0 Å². The van der Waals surface area contributed by atoms with E-state index >= 15 is 0 Å². The third-order valence-electron chi connectivity index (χ3n) is 5.24. The van der Waals surface area contributed by atoms with Gasteiger partial charge in [0, 0.05) is 24.5 Å². The monoisotopic (exact) mass is 381 g/mol. The highest BCUT2D eigenvalue weighted by atomic mass is 16.5. The van der Waals surface area contributed by atoms with Crippen LogP contribution in [0.5, 0.6) is 23.0 Å². The zero-order chi connectivity index (χ0) is 19.7. The highest BCUT2D eigenvalue weighted by molar-refractivity contribution is 5.83. The van der Waals surface area contributed by atoms with Crippen LogP contribution in [0.25, 0.3) is 11.0 Å². The van der Waals surface area contributed by atoms with E-state index in [0.717, 1.165) is 25.9 Å². The summed E-state index contributed by atoms with van der Waals surface area (Å²) in [6.45, 7) is 4.33. The van der Waals surface area contributed by atoms with E-state index in [4.69, 9.17) is 13.9 Å². The Balaban J connectivity index is 1.77. The van der Waals surface area contributed by atoms with E-state index < -0.39 is 0 Å². The topological polar surface area (TPSA) is 76.2 Å². The van der Waals surface area contributed by atoms with Gasteiger partial charge >= 0.3 is 0 Å². The van der Waals surface area contributed by atoms with E-state index in [0.29, 0.717) is 40.3 Å². The largest absolute Gasteiger partial charge is 0.872 e. The predicted molar refractivity (Wildman–Crippen MR) is 103 cm³/mol. The zero-order valence-electron chi connectivity index (χ0n) is 16.0. The Labute approximate surface area is 162 Å². The molecule has 0 amide bonds. The lowest BCUT2D eigenvalue weighted by molar-refractivity contribution is -0.901. The third kappa shape index (κ3) is 3.43. The molecule has 0 radical (unpaired) electrons. The maximum atomic E-state index is 13.1. The van der Waals surface area contributed by atoms with Crippen molar-refractivity contribution in [1.82, 2.24) is 0 Å². The van der Waals surface area contributed by atoms with Crippen LogP contribution in [0.3, 0.4) is 0 Å². The van der Waals surface area contributed by atoms with Crippen molar-refractivity contribution < 1.29 is 23.9 Å². The summed E-state index contributed by atoms with van der Waals surface area (Å²) in [7, 11) is 1.57. The second kappa shape index (κ2) is 7.56. The molecule has 2 heterocycles. The Morgan fingerprint density at radius 2 is 1.89 bits per heavy atom. The van der Waals surface area contributed by atoms with Gasteiger partial charge in [-0.25, -0.2) is 0 Å². The summed E-state index contributed by atoms with van der Waals surface area (Å²) in [5.41, 5.74) is 0.675. The van der Waals surface area contributed by atoms with Crippen LogP contribution in [0.4, 0.5) is 0 Å². The minimum atomic E-state index is -0.278. The molecule has 1 aliphatic heterocycles. The molecule has 28 heavy (non-hydrogen) atoms. The van der Waals surface area contributed by atoms with Crippen molar-refractivity contribution in [2.45, 2.75) is 26.3 Å². The minimum Gasteiger partial charge on any atom is -0.872 e. The molecular formula is C22H23NO5. The van der Waals surface area contributed by atoms with Crippen LogP contribution in [-0.4, -0.2) is 20.2 Å². The smallest absolute Gasteiger partial charge is 0.235 e. The molecule has 1 aromatic heterocycles. The van der Waals surface area contributed by atoms with Gasteiger partial charge in [0.1, 0.15) is 29.4 Å². The van der Waals surface area contributed by atoms with Gasteiger partial charge in [-0.1, -0.05) is 17.9 Å². The fraction of sp³-hybridized carbons (Fsp3) is 0.318. The highest BCUT2D eigenvalue weighted by Crippen LogP contribution is 2.30. The summed E-state index contributed by atoms with van der Waals surface area (Å²) in [6, 6.07) is 10.0. The fourth-order valence-electron chi connectivity index (χ4n) is 3.76. The lowest BCUT2D eigenvalue weighted by Gasteiger charge is -2.19. The molecule has 1 N–H and O–H groups in total. The molecule has 6 nitrogen and oxygen atoms in total. The Hall–Kier alpha value is -2.99. The van der Waals surface area contributed by atoms with E-state index in [2.05, 4.69) is 0 Å². The maximum absolute atomic E-state index is 13.1. The van der Waals surface area contributed by atoms with Gasteiger partial charge in [-0.15, -0.1) is 0 Å². The molecule has 0 atom stereocenters. The van der Waals surface area contributed by atoms with Crippen molar-refractivity contribution in [1.29, 1.82) is 0 Å². The van der Waals surface area contributed by atoms with E-state index in [1.165, 1.54) is 17.0 Å². The number of aryl methyl sites for hydroxylation is 1. The number of nitrogens with one attached hydrogen (secondary N) is 1. The second-order valence-electron chi connectivity index (χ2n) is 7.15. The molecule has 0 bridgehead atoms. The normalized spacial score (nSPS) is 14.5. The highest BCUT2D eigenvalue weighted by Gasteiger charge is 2.21. The van der Waals surface area contributed by atoms with Gasteiger partial charge in [-0.2, -0.15) is 0 Å². The number of rotatable bonds is 5. The second-order valence-corrected chi connectivity index (χ2v) is 7.15. The van der Waals surface area contributed by atoms with Crippen molar-refractivity contribution in [3.63, 3.8) is 0 Å². The summed E-state index contributed by atoms with van der Waals surface area (Å²) < 4.78 is 17.0. The average Bonchev–Trinajstić information content (AvgIpc) is 3.21. The number of ether oxygens (including phenoxy) is 2. The number of likely N-dealkylation sites (tertiary alicyclic amines) is 1. The summed E-state index contributed by atoms with van der Waals surface area (Å²) in [5, 5.41) is 12.8. The number of hydrogen-bond acceptors (Lipinski definition) is 5. The lowest BCUT2D eigenvalue weighted by atomic mass is 10.1. The standard InChI is InChI=1S/C22H23NO5/c1-14-21(28-16-7-5-6-15(12-16)26-2)20(25)17-8-9-19(24)18(22(17)27-14)13-23-10-3-4-11-23/h5-9,12,24H,3-4,10-11,13H2,1-2H3. The molecule has 3 aromatic rings. The summed E-state index contributed by atoms with van der Waals surface area (Å²) in [4.78, 5) is 14.4. The Morgan fingerprint density at radius 1 is 1.14 bits per heavy atom. The van der Waals surface area contributed by atoms with Crippen LogP contribution >= 0.6 is 0 Å². The van der Waals surface area contributed by atoms with Crippen LogP contribution < -0.4 is 24.9 Å². The lowest BCUT2D eigenvalue weighted by Crippen LogP contribution is -3.08. The molecule has 146 valence electrons. The van der Waals surface area contributed by atoms with E-state index in [-0.39, 0.29) is 16.9 Å². The maximum Gasteiger partial charge on any atom is 0.235 e. The fourth-order valence-corrected chi connectivity index (χ4v) is 3.76. The molecule has 0 aliphatic carbocycles. The molecule has 1 aliphatic rings. The summed E-state index contributed by atoms with van der Waals surface area (Å²) >= 11 is 0. The first-order chi connectivity index (χ1) is 13.6. The zero-order valence-corrected chi connectivity index (χ0v) is 16.0. The van der Waals surface area contributed by atoms with Gasteiger partial charge < -0.3 is 23.9 Å². The molecule has 4 rings (SSSR count). The van der Waals surface area contributed by atoms with Gasteiger partial charge in [0.25, 0.3) is 0 Å². The molecule has 0 unspecified atom stereocenters. The molecular weight excluding hydrogens is 358 g/mol. The first kappa shape index (κ1) is 18.4. The van der Waals surface area contributed by atoms with Crippen molar-refractivity contribution >= 4 is 11.0 Å². The van der Waals surface area contributed by atoms with Crippen LogP contribution in [0.1, 0.15) is 24.2 Å². The molecule has 1 fully saturated rings. The molecule has 0 spiro atoms. The number of benzene rings is 2. The predicted octanol–water partition coefficient (Wildman–Crippen LogP) is 2.15. The number of fused-ring (bicyclic) bond motifs is 1. The quantitative estimate of drug-likeness (QED) is 0.733. The van der Waals surface area contributed by atoms with E-state index in [1.54, 1.807) is 38.3 Å². The van der Waals surface area contributed by atoms with Crippen LogP contribution in [0.2, 0.25) is 0 Å².